The van der Waals surface area contributed by atoms with Gasteiger partial charge in [-0.25, -0.2) is 8.42 Å². The summed E-state index contributed by atoms with van der Waals surface area (Å²) >= 11 is 0. The quantitative estimate of drug-likeness (QED) is 0.697. The monoisotopic (exact) mass is 418 g/mol. The van der Waals surface area contributed by atoms with Gasteiger partial charge in [-0.2, -0.15) is 4.31 Å². The molecular weight excluding hydrogens is 392 g/mol. The molecule has 0 radical (unpaired) electrons. The highest BCUT2D eigenvalue weighted by Gasteiger charge is 2.26. The average Bonchev–Trinajstić information content (AvgIpc) is 2.74. The van der Waals surface area contributed by atoms with Gasteiger partial charge in [-0.1, -0.05) is 18.2 Å². The third-order valence-electron chi connectivity index (χ3n) is 4.69. The van der Waals surface area contributed by atoms with E-state index in [1.807, 2.05) is 32.0 Å². The minimum absolute atomic E-state index is 0.110. The Morgan fingerprint density at radius 3 is 2.66 bits per heavy atom. The molecule has 0 aliphatic carbocycles. The van der Waals surface area contributed by atoms with E-state index in [4.69, 9.17) is 9.47 Å². The van der Waals surface area contributed by atoms with Crippen molar-refractivity contribution in [2.24, 2.45) is 0 Å². The van der Waals surface area contributed by atoms with E-state index in [2.05, 4.69) is 5.32 Å². The van der Waals surface area contributed by atoms with Crippen molar-refractivity contribution in [2.75, 3.05) is 39.5 Å². The zero-order valence-corrected chi connectivity index (χ0v) is 17.5. The van der Waals surface area contributed by atoms with E-state index in [0.717, 1.165) is 16.9 Å². The van der Waals surface area contributed by atoms with Gasteiger partial charge in [0.2, 0.25) is 10.0 Å². The third kappa shape index (κ3) is 5.35. The van der Waals surface area contributed by atoms with Crippen molar-refractivity contribution in [3.05, 3.63) is 59.2 Å². The molecule has 0 unspecified atom stereocenters. The van der Waals surface area contributed by atoms with Crippen molar-refractivity contribution in [1.29, 1.82) is 0 Å². The fraction of sp³-hybridized carbons (Fsp3) is 0.381. The lowest BCUT2D eigenvalue weighted by molar-refractivity contribution is 0.0730. The van der Waals surface area contributed by atoms with E-state index in [0.29, 0.717) is 45.0 Å². The summed E-state index contributed by atoms with van der Waals surface area (Å²) in [6, 6.07) is 12.0. The van der Waals surface area contributed by atoms with Crippen molar-refractivity contribution in [2.45, 2.75) is 18.7 Å². The maximum absolute atomic E-state index is 12.8. The number of hydrogen-bond acceptors (Lipinski definition) is 5. The normalized spacial score (nSPS) is 15.1. The number of aryl methyl sites for hydroxylation is 2. The van der Waals surface area contributed by atoms with Crippen LogP contribution in [0.3, 0.4) is 0 Å². The van der Waals surface area contributed by atoms with Crippen LogP contribution in [0.4, 0.5) is 0 Å². The van der Waals surface area contributed by atoms with Crippen molar-refractivity contribution in [3.8, 4) is 5.75 Å². The number of benzene rings is 2. The Bertz CT molecular complexity index is 969. The van der Waals surface area contributed by atoms with Gasteiger partial charge in [0.25, 0.3) is 5.91 Å². The highest BCUT2D eigenvalue weighted by Crippen LogP contribution is 2.19. The van der Waals surface area contributed by atoms with Crippen LogP contribution in [0.2, 0.25) is 0 Å². The van der Waals surface area contributed by atoms with Crippen LogP contribution in [0.1, 0.15) is 21.5 Å². The van der Waals surface area contributed by atoms with Gasteiger partial charge in [0.1, 0.15) is 12.4 Å². The van der Waals surface area contributed by atoms with Crippen molar-refractivity contribution in [3.63, 3.8) is 0 Å². The number of hydrogen-bond donors (Lipinski definition) is 1. The largest absolute Gasteiger partial charge is 0.491 e. The number of nitrogens with zero attached hydrogens (tertiary/aromatic N) is 1. The van der Waals surface area contributed by atoms with Crippen LogP contribution in [0.5, 0.6) is 5.75 Å². The molecule has 1 aliphatic heterocycles. The van der Waals surface area contributed by atoms with E-state index in [1.54, 1.807) is 12.1 Å². The SMILES string of the molecule is Cc1ccc(C)c(OCCNC(=O)c2cccc(S(=O)(=O)N3CCOCC3)c2)c1. The molecule has 1 fully saturated rings. The second-order valence-electron chi connectivity index (χ2n) is 6.92. The number of ether oxygens (including phenoxy) is 2. The van der Waals surface area contributed by atoms with E-state index < -0.39 is 10.0 Å². The van der Waals surface area contributed by atoms with Crippen LogP contribution in [-0.2, 0) is 14.8 Å². The first-order valence-corrected chi connectivity index (χ1v) is 11.0. The Morgan fingerprint density at radius 1 is 1.14 bits per heavy atom. The van der Waals surface area contributed by atoms with Crippen molar-refractivity contribution < 1.29 is 22.7 Å². The highest BCUT2D eigenvalue weighted by atomic mass is 32.2. The van der Waals surface area contributed by atoms with Gasteiger partial charge in [-0.15, -0.1) is 0 Å². The number of nitrogens with one attached hydrogen (secondary N) is 1. The molecule has 1 N–H and O–H groups in total. The minimum atomic E-state index is -3.64. The standard InChI is InChI=1S/C21H26N2O5S/c1-16-6-7-17(2)20(14-16)28-11-8-22-21(24)18-4-3-5-19(15-18)29(25,26)23-9-12-27-13-10-23/h3-7,14-15H,8-13H2,1-2H3,(H,22,24). The second kappa shape index (κ2) is 9.39. The number of carbonyl (C=O) groups excluding carboxylic acids is 1. The topological polar surface area (TPSA) is 84.9 Å². The van der Waals surface area contributed by atoms with Gasteiger partial charge in [-0.05, 0) is 49.2 Å². The summed E-state index contributed by atoms with van der Waals surface area (Å²) in [5, 5.41) is 2.77. The average molecular weight is 419 g/mol. The summed E-state index contributed by atoms with van der Waals surface area (Å²) in [6.07, 6.45) is 0. The Labute approximate surface area is 171 Å². The molecule has 1 heterocycles. The van der Waals surface area contributed by atoms with Gasteiger partial charge >= 0.3 is 0 Å². The number of morpholine rings is 1. The fourth-order valence-corrected chi connectivity index (χ4v) is 4.48. The van der Waals surface area contributed by atoms with Crippen LogP contribution >= 0.6 is 0 Å². The highest BCUT2D eigenvalue weighted by molar-refractivity contribution is 7.89. The molecule has 0 saturated carbocycles. The molecule has 0 aromatic heterocycles. The van der Waals surface area contributed by atoms with Gasteiger partial charge in [0, 0.05) is 18.7 Å². The number of rotatable bonds is 7. The molecule has 8 heteroatoms. The van der Waals surface area contributed by atoms with Gasteiger partial charge < -0.3 is 14.8 Å². The molecule has 2 aromatic rings. The Kier molecular flexibility index (Phi) is 6.89. The maximum Gasteiger partial charge on any atom is 0.251 e. The lowest BCUT2D eigenvalue weighted by Gasteiger charge is -2.26. The molecular formula is C21H26N2O5S. The summed E-state index contributed by atoms with van der Waals surface area (Å²) in [6.45, 7) is 5.97. The molecule has 7 nitrogen and oxygen atoms in total. The van der Waals surface area contributed by atoms with Gasteiger partial charge in [-0.3, -0.25) is 4.79 Å². The number of sulfonamides is 1. The zero-order valence-electron chi connectivity index (χ0n) is 16.7. The summed E-state index contributed by atoms with van der Waals surface area (Å²) in [5.74, 6) is 0.450. The fourth-order valence-electron chi connectivity index (χ4n) is 3.02. The van der Waals surface area contributed by atoms with Gasteiger partial charge in [0.05, 0.1) is 24.7 Å². The second-order valence-corrected chi connectivity index (χ2v) is 8.86. The predicted octanol–water partition coefficient (Wildman–Crippen LogP) is 2.13. The molecule has 1 amide bonds. The molecule has 156 valence electrons. The van der Waals surface area contributed by atoms with E-state index in [9.17, 15) is 13.2 Å². The molecule has 0 bridgehead atoms. The van der Waals surface area contributed by atoms with Crippen molar-refractivity contribution >= 4 is 15.9 Å². The lowest BCUT2D eigenvalue weighted by atomic mass is 10.1. The lowest BCUT2D eigenvalue weighted by Crippen LogP contribution is -2.40. The van der Waals surface area contributed by atoms with E-state index in [-0.39, 0.29) is 10.8 Å². The van der Waals surface area contributed by atoms with E-state index >= 15 is 0 Å². The Hall–Kier alpha value is -2.42. The minimum Gasteiger partial charge on any atom is -0.491 e. The van der Waals surface area contributed by atoms with Gasteiger partial charge in [0.15, 0.2) is 0 Å². The smallest absolute Gasteiger partial charge is 0.251 e. The zero-order chi connectivity index (χ0) is 20.9. The van der Waals surface area contributed by atoms with Crippen LogP contribution in [0, 0.1) is 13.8 Å². The maximum atomic E-state index is 12.8. The third-order valence-corrected chi connectivity index (χ3v) is 6.59. The van der Waals surface area contributed by atoms with Crippen LogP contribution in [0.25, 0.3) is 0 Å². The number of amides is 1. The van der Waals surface area contributed by atoms with Crippen LogP contribution in [0.15, 0.2) is 47.4 Å². The molecule has 0 atom stereocenters. The summed E-state index contributed by atoms with van der Waals surface area (Å²) in [4.78, 5) is 12.5. The summed E-state index contributed by atoms with van der Waals surface area (Å²) in [5.41, 5.74) is 2.43. The molecule has 1 saturated heterocycles. The van der Waals surface area contributed by atoms with Crippen LogP contribution in [-0.4, -0.2) is 58.1 Å². The molecule has 29 heavy (non-hydrogen) atoms. The first kappa shape index (κ1) is 21.3. The Morgan fingerprint density at radius 2 is 1.90 bits per heavy atom. The molecule has 0 spiro atoms. The van der Waals surface area contributed by atoms with Crippen LogP contribution < -0.4 is 10.1 Å². The first-order valence-electron chi connectivity index (χ1n) is 9.54. The molecule has 1 aliphatic rings. The van der Waals surface area contributed by atoms with Crippen molar-refractivity contribution in [1.82, 2.24) is 9.62 Å². The Balaban J connectivity index is 1.58. The molecule has 3 rings (SSSR count). The summed E-state index contributed by atoms with van der Waals surface area (Å²) < 4.78 is 37.8. The predicted molar refractivity (Wildman–Crippen MR) is 110 cm³/mol. The van der Waals surface area contributed by atoms with E-state index in [1.165, 1.54) is 16.4 Å². The summed E-state index contributed by atoms with van der Waals surface area (Å²) in [7, 11) is -3.64. The number of carbonyl (C=O) groups is 1. The first-order chi connectivity index (χ1) is 13.9. The molecule has 2 aromatic carbocycles.